The van der Waals surface area contributed by atoms with Gasteiger partial charge in [0.2, 0.25) is 11.1 Å². The third kappa shape index (κ3) is 3.41. The minimum atomic E-state index is -0.240. The molecule has 2 rings (SSSR count). The summed E-state index contributed by atoms with van der Waals surface area (Å²) in [4.78, 5) is 13.5. The van der Waals surface area contributed by atoms with Gasteiger partial charge in [-0.15, -0.1) is 5.10 Å². The van der Waals surface area contributed by atoms with Gasteiger partial charge in [0.05, 0.1) is 10.9 Å². The molecule has 1 atom stereocenters. The zero-order valence-corrected chi connectivity index (χ0v) is 13.7. The van der Waals surface area contributed by atoms with Crippen LogP contribution in [-0.2, 0) is 4.79 Å². The summed E-state index contributed by atoms with van der Waals surface area (Å²) in [5, 5.41) is 12.1. The molecule has 1 heterocycles. The van der Waals surface area contributed by atoms with E-state index in [-0.39, 0.29) is 11.2 Å². The van der Waals surface area contributed by atoms with E-state index < -0.39 is 0 Å². The Bertz CT molecular complexity index is 653. The highest BCUT2D eigenvalue weighted by molar-refractivity contribution is 8.00. The van der Waals surface area contributed by atoms with Crippen LogP contribution in [0.4, 0.5) is 0 Å². The Hall–Kier alpha value is -1.89. The fourth-order valence-corrected chi connectivity index (χ4v) is 2.80. The van der Waals surface area contributed by atoms with Crippen molar-refractivity contribution in [1.82, 2.24) is 25.1 Å². The molecule has 7 heteroatoms. The lowest BCUT2D eigenvalue weighted by Crippen LogP contribution is -2.29. The molecule has 0 saturated carbocycles. The first kappa shape index (κ1) is 15.5. The van der Waals surface area contributed by atoms with Crippen LogP contribution in [0, 0.1) is 13.8 Å². The first-order chi connectivity index (χ1) is 9.90. The molecule has 0 N–H and O–H groups in total. The van der Waals surface area contributed by atoms with E-state index in [1.165, 1.54) is 22.9 Å². The lowest BCUT2D eigenvalue weighted by Gasteiger charge is -2.15. The number of rotatable bonds is 4. The van der Waals surface area contributed by atoms with Crippen molar-refractivity contribution in [3.05, 3.63) is 29.3 Å². The smallest absolute Gasteiger partial charge is 0.235 e. The van der Waals surface area contributed by atoms with E-state index in [0.717, 1.165) is 5.69 Å². The van der Waals surface area contributed by atoms with Crippen LogP contribution >= 0.6 is 11.8 Å². The second kappa shape index (κ2) is 6.26. The maximum Gasteiger partial charge on any atom is 0.235 e. The van der Waals surface area contributed by atoms with Gasteiger partial charge in [-0.3, -0.25) is 4.79 Å². The predicted octanol–water partition coefficient (Wildman–Crippen LogP) is 1.85. The quantitative estimate of drug-likeness (QED) is 0.807. The molecule has 0 aliphatic rings. The topological polar surface area (TPSA) is 63.9 Å². The largest absolute Gasteiger partial charge is 0.348 e. The summed E-state index contributed by atoms with van der Waals surface area (Å²) >= 11 is 1.35. The van der Waals surface area contributed by atoms with Gasteiger partial charge in [-0.2, -0.15) is 4.68 Å². The molecule has 2 aromatic rings. The third-order valence-electron chi connectivity index (χ3n) is 3.25. The highest BCUT2D eigenvalue weighted by atomic mass is 32.2. The summed E-state index contributed by atoms with van der Waals surface area (Å²) in [6.07, 6.45) is 0. The van der Waals surface area contributed by atoms with Gasteiger partial charge in [0.25, 0.3) is 0 Å². The van der Waals surface area contributed by atoms with E-state index in [1.807, 2.05) is 32.0 Å². The molecular formula is C14H19N5OS. The number of aryl methyl sites for hydroxylation is 2. The average molecular weight is 305 g/mol. The standard InChI is InChI=1S/C14H19N5OS/c1-9-6-7-12(8-10(9)2)19-14(15-16-17-19)21-11(3)13(20)18(4)5/h6-8,11H,1-5H3/t11-/m0/s1. The molecule has 6 nitrogen and oxygen atoms in total. The molecule has 0 aliphatic carbocycles. The van der Waals surface area contributed by atoms with Crippen LogP contribution in [0.25, 0.3) is 5.69 Å². The van der Waals surface area contributed by atoms with Crippen molar-refractivity contribution in [2.45, 2.75) is 31.2 Å². The van der Waals surface area contributed by atoms with Gasteiger partial charge in [0.1, 0.15) is 0 Å². The second-order valence-electron chi connectivity index (χ2n) is 5.13. The number of carbonyl (C=O) groups excluding carboxylic acids is 1. The van der Waals surface area contributed by atoms with E-state index in [1.54, 1.807) is 23.7 Å². The van der Waals surface area contributed by atoms with Crippen molar-refractivity contribution in [3.8, 4) is 5.69 Å². The second-order valence-corrected chi connectivity index (χ2v) is 6.44. The van der Waals surface area contributed by atoms with E-state index in [4.69, 9.17) is 0 Å². The molecule has 0 bridgehead atoms. The summed E-state index contributed by atoms with van der Waals surface area (Å²) in [5.41, 5.74) is 3.30. The summed E-state index contributed by atoms with van der Waals surface area (Å²) in [6.45, 7) is 5.97. The first-order valence-corrected chi connectivity index (χ1v) is 7.52. The molecule has 112 valence electrons. The summed E-state index contributed by atoms with van der Waals surface area (Å²) in [6, 6.07) is 6.05. The Morgan fingerprint density at radius 3 is 2.62 bits per heavy atom. The van der Waals surface area contributed by atoms with Crippen LogP contribution < -0.4 is 0 Å². The minimum Gasteiger partial charge on any atom is -0.348 e. The Labute approximate surface area is 128 Å². The molecule has 1 amide bonds. The lowest BCUT2D eigenvalue weighted by atomic mass is 10.1. The molecule has 1 aromatic carbocycles. The molecule has 0 radical (unpaired) electrons. The zero-order valence-electron chi connectivity index (χ0n) is 12.9. The highest BCUT2D eigenvalue weighted by Crippen LogP contribution is 2.24. The zero-order chi connectivity index (χ0) is 15.6. The van der Waals surface area contributed by atoms with Gasteiger partial charge < -0.3 is 4.90 Å². The van der Waals surface area contributed by atoms with Gasteiger partial charge in [-0.05, 0) is 54.5 Å². The number of carbonyl (C=O) groups is 1. The summed E-state index contributed by atoms with van der Waals surface area (Å²) < 4.78 is 1.66. The maximum atomic E-state index is 11.9. The van der Waals surface area contributed by atoms with Gasteiger partial charge in [0, 0.05) is 14.1 Å². The Balaban J connectivity index is 2.26. The van der Waals surface area contributed by atoms with E-state index in [2.05, 4.69) is 22.4 Å². The van der Waals surface area contributed by atoms with Crippen molar-refractivity contribution in [1.29, 1.82) is 0 Å². The predicted molar refractivity (Wildman–Crippen MR) is 82.6 cm³/mol. The number of nitrogens with zero attached hydrogens (tertiary/aromatic N) is 5. The Kier molecular flexibility index (Phi) is 4.62. The van der Waals surface area contributed by atoms with Gasteiger partial charge in [-0.25, -0.2) is 0 Å². The van der Waals surface area contributed by atoms with Crippen LogP contribution in [-0.4, -0.2) is 50.4 Å². The summed E-state index contributed by atoms with van der Waals surface area (Å²) in [7, 11) is 3.48. The van der Waals surface area contributed by atoms with Crippen LogP contribution in [0.3, 0.4) is 0 Å². The number of hydrogen-bond donors (Lipinski definition) is 0. The number of hydrogen-bond acceptors (Lipinski definition) is 5. The van der Waals surface area contributed by atoms with Gasteiger partial charge >= 0.3 is 0 Å². The first-order valence-electron chi connectivity index (χ1n) is 6.64. The fraction of sp³-hybridized carbons (Fsp3) is 0.429. The molecule has 0 spiro atoms. The SMILES string of the molecule is Cc1ccc(-n2nnnc2S[C@@H](C)C(=O)N(C)C)cc1C. The molecule has 21 heavy (non-hydrogen) atoms. The average Bonchev–Trinajstić information content (AvgIpc) is 2.89. The van der Waals surface area contributed by atoms with Crippen LogP contribution in [0.2, 0.25) is 0 Å². The molecule has 0 aliphatic heterocycles. The fourth-order valence-electron chi connectivity index (χ4n) is 1.84. The highest BCUT2D eigenvalue weighted by Gasteiger charge is 2.20. The molecule has 0 fully saturated rings. The third-order valence-corrected chi connectivity index (χ3v) is 4.27. The lowest BCUT2D eigenvalue weighted by molar-refractivity contribution is -0.127. The molecular weight excluding hydrogens is 286 g/mol. The van der Waals surface area contributed by atoms with E-state index in [9.17, 15) is 4.79 Å². The monoisotopic (exact) mass is 305 g/mol. The van der Waals surface area contributed by atoms with Gasteiger partial charge in [0.15, 0.2) is 0 Å². The number of thioether (sulfide) groups is 1. The maximum absolute atomic E-state index is 11.9. The molecule has 0 unspecified atom stereocenters. The van der Waals surface area contributed by atoms with Crippen molar-refractivity contribution in [3.63, 3.8) is 0 Å². The van der Waals surface area contributed by atoms with Crippen LogP contribution in [0.1, 0.15) is 18.1 Å². The Morgan fingerprint density at radius 2 is 2.00 bits per heavy atom. The number of amides is 1. The van der Waals surface area contributed by atoms with Crippen LogP contribution in [0.5, 0.6) is 0 Å². The van der Waals surface area contributed by atoms with Crippen molar-refractivity contribution in [2.24, 2.45) is 0 Å². The van der Waals surface area contributed by atoms with E-state index >= 15 is 0 Å². The molecule has 0 saturated heterocycles. The Morgan fingerprint density at radius 1 is 1.29 bits per heavy atom. The summed E-state index contributed by atoms with van der Waals surface area (Å²) in [5.74, 6) is 0.0367. The minimum absolute atomic E-state index is 0.0367. The number of tetrazole rings is 1. The normalized spacial score (nSPS) is 12.2. The van der Waals surface area contributed by atoms with E-state index in [0.29, 0.717) is 5.16 Å². The van der Waals surface area contributed by atoms with Crippen molar-refractivity contribution in [2.75, 3.05) is 14.1 Å². The number of benzene rings is 1. The van der Waals surface area contributed by atoms with Crippen molar-refractivity contribution >= 4 is 17.7 Å². The van der Waals surface area contributed by atoms with Crippen LogP contribution in [0.15, 0.2) is 23.4 Å². The molecule has 1 aromatic heterocycles. The van der Waals surface area contributed by atoms with Crippen molar-refractivity contribution < 1.29 is 4.79 Å². The number of aromatic nitrogens is 4. The van der Waals surface area contributed by atoms with Gasteiger partial charge in [-0.1, -0.05) is 17.8 Å².